The Hall–Kier alpha value is -0.880. The molecule has 1 heterocycles. The Morgan fingerprint density at radius 2 is 1.94 bits per heavy atom. The van der Waals surface area contributed by atoms with Gasteiger partial charge in [0.2, 0.25) is 0 Å². The molecule has 1 atom stereocenters. The van der Waals surface area contributed by atoms with Crippen molar-refractivity contribution in [3.05, 3.63) is 10.8 Å². The van der Waals surface area contributed by atoms with Crippen LogP contribution in [0.5, 0.6) is 0 Å². The van der Waals surface area contributed by atoms with Gasteiger partial charge in [-0.25, -0.2) is 9.97 Å². The van der Waals surface area contributed by atoms with Crippen LogP contribution in [0.3, 0.4) is 0 Å². The number of anilines is 2. The van der Waals surface area contributed by atoms with E-state index in [1.54, 1.807) is 0 Å². The van der Waals surface area contributed by atoms with Crippen LogP contribution in [-0.2, 0) is 0 Å². The summed E-state index contributed by atoms with van der Waals surface area (Å²) in [4.78, 5) is 8.25. The lowest BCUT2D eigenvalue weighted by Crippen LogP contribution is -2.20. The zero-order valence-corrected chi connectivity index (χ0v) is 11.8. The molecular formula is C11H19BrN4O. The van der Waals surface area contributed by atoms with Crippen LogP contribution in [0.4, 0.5) is 11.6 Å². The molecule has 96 valence electrons. The van der Waals surface area contributed by atoms with E-state index in [1.165, 1.54) is 6.33 Å². The van der Waals surface area contributed by atoms with E-state index in [0.29, 0.717) is 12.4 Å². The standard InChI is InChI=1S/C11H19BrN4O/c1-3-5-8(17)6-14-11-9(12)10(13-4-2)15-7-16-11/h7-8,17H,3-6H2,1-2H3,(H2,13,14,15,16). The van der Waals surface area contributed by atoms with Gasteiger partial charge in [-0.2, -0.15) is 0 Å². The van der Waals surface area contributed by atoms with Crippen LogP contribution in [-0.4, -0.2) is 34.3 Å². The SMILES string of the molecule is CCCC(O)CNc1ncnc(NCC)c1Br. The summed E-state index contributed by atoms with van der Waals surface area (Å²) in [6.45, 7) is 5.35. The maximum Gasteiger partial charge on any atom is 0.146 e. The third-order valence-electron chi connectivity index (χ3n) is 2.26. The molecule has 6 heteroatoms. The van der Waals surface area contributed by atoms with Crippen LogP contribution >= 0.6 is 15.9 Å². The van der Waals surface area contributed by atoms with Crippen molar-refractivity contribution in [1.82, 2.24) is 9.97 Å². The first kappa shape index (κ1) is 14.2. The van der Waals surface area contributed by atoms with Crippen LogP contribution in [0.1, 0.15) is 26.7 Å². The van der Waals surface area contributed by atoms with Gasteiger partial charge in [0.15, 0.2) is 0 Å². The van der Waals surface area contributed by atoms with Crippen LogP contribution in [0.15, 0.2) is 10.8 Å². The highest BCUT2D eigenvalue weighted by Crippen LogP contribution is 2.26. The highest BCUT2D eigenvalue weighted by molar-refractivity contribution is 9.10. The molecule has 0 radical (unpaired) electrons. The highest BCUT2D eigenvalue weighted by atomic mass is 79.9. The number of aliphatic hydroxyl groups is 1. The topological polar surface area (TPSA) is 70.1 Å². The monoisotopic (exact) mass is 302 g/mol. The normalized spacial score (nSPS) is 12.2. The number of aliphatic hydroxyl groups excluding tert-OH is 1. The predicted octanol–water partition coefficient (Wildman–Crippen LogP) is 2.24. The Kier molecular flexibility index (Phi) is 6.21. The van der Waals surface area contributed by atoms with Gasteiger partial charge in [-0.05, 0) is 29.3 Å². The highest BCUT2D eigenvalue weighted by Gasteiger charge is 2.09. The summed E-state index contributed by atoms with van der Waals surface area (Å²) in [6, 6.07) is 0. The average Bonchev–Trinajstić information content (AvgIpc) is 2.31. The summed E-state index contributed by atoms with van der Waals surface area (Å²) in [5.74, 6) is 1.46. The summed E-state index contributed by atoms with van der Waals surface area (Å²) in [5.41, 5.74) is 0. The Bertz CT molecular complexity index is 348. The molecule has 1 rings (SSSR count). The quantitative estimate of drug-likeness (QED) is 0.721. The second-order valence-corrected chi connectivity index (χ2v) is 4.53. The first-order valence-corrected chi connectivity index (χ1v) is 6.64. The molecule has 0 fully saturated rings. The van der Waals surface area contributed by atoms with Crippen LogP contribution in [0.25, 0.3) is 0 Å². The Morgan fingerprint density at radius 3 is 2.53 bits per heavy atom. The van der Waals surface area contributed by atoms with Crippen molar-refractivity contribution in [3.8, 4) is 0 Å². The second kappa shape index (κ2) is 7.45. The molecular weight excluding hydrogens is 284 g/mol. The number of rotatable bonds is 7. The van der Waals surface area contributed by atoms with Gasteiger partial charge in [-0.3, -0.25) is 0 Å². The lowest BCUT2D eigenvalue weighted by atomic mass is 10.2. The number of nitrogens with one attached hydrogen (secondary N) is 2. The fourth-order valence-electron chi connectivity index (χ4n) is 1.43. The summed E-state index contributed by atoms with van der Waals surface area (Å²) >= 11 is 3.44. The molecule has 0 bridgehead atoms. The summed E-state index contributed by atoms with van der Waals surface area (Å²) in [7, 11) is 0. The lowest BCUT2D eigenvalue weighted by Gasteiger charge is -2.13. The number of halogens is 1. The number of hydrogen-bond acceptors (Lipinski definition) is 5. The first-order valence-electron chi connectivity index (χ1n) is 5.85. The first-order chi connectivity index (χ1) is 8.19. The van der Waals surface area contributed by atoms with Crippen molar-refractivity contribution < 1.29 is 5.11 Å². The minimum atomic E-state index is -0.343. The van der Waals surface area contributed by atoms with E-state index < -0.39 is 0 Å². The molecule has 3 N–H and O–H groups in total. The van der Waals surface area contributed by atoms with E-state index in [1.807, 2.05) is 13.8 Å². The van der Waals surface area contributed by atoms with Crippen LogP contribution in [0.2, 0.25) is 0 Å². The van der Waals surface area contributed by atoms with E-state index in [9.17, 15) is 5.11 Å². The molecule has 0 amide bonds. The van der Waals surface area contributed by atoms with E-state index in [2.05, 4.69) is 36.5 Å². The minimum Gasteiger partial charge on any atom is -0.391 e. The molecule has 5 nitrogen and oxygen atoms in total. The van der Waals surface area contributed by atoms with Gasteiger partial charge in [-0.15, -0.1) is 0 Å². The maximum absolute atomic E-state index is 9.64. The predicted molar refractivity (Wildman–Crippen MR) is 73.3 cm³/mol. The summed E-state index contributed by atoms with van der Waals surface area (Å²) < 4.78 is 0.797. The molecule has 1 unspecified atom stereocenters. The van der Waals surface area contributed by atoms with Crippen molar-refractivity contribution in [2.24, 2.45) is 0 Å². The zero-order valence-electron chi connectivity index (χ0n) is 10.2. The van der Waals surface area contributed by atoms with E-state index in [4.69, 9.17) is 0 Å². The van der Waals surface area contributed by atoms with Gasteiger partial charge < -0.3 is 15.7 Å². The van der Waals surface area contributed by atoms with Crippen molar-refractivity contribution in [2.75, 3.05) is 23.7 Å². The molecule has 1 aromatic rings. The molecule has 0 aliphatic carbocycles. The van der Waals surface area contributed by atoms with Gasteiger partial charge in [0, 0.05) is 13.1 Å². The van der Waals surface area contributed by atoms with Gasteiger partial charge in [0.05, 0.1) is 6.10 Å². The number of nitrogens with zero attached hydrogens (tertiary/aromatic N) is 2. The Morgan fingerprint density at radius 1 is 1.29 bits per heavy atom. The van der Waals surface area contributed by atoms with E-state index in [-0.39, 0.29) is 6.10 Å². The third-order valence-corrected chi connectivity index (χ3v) is 3.01. The molecule has 0 aliphatic heterocycles. The van der Waals surface area contributed by atoms with Gasteiger partial charge in [0.25, 0.3) is 0 Å². The van der Waals surface area contributed by atoms with Crippen LogP contribution < -0.4 is 10.6 Å². The summed E-state index contributed by atoms with van der Waals surface area (Å²) in [6.07, 6.45) is 2.91. The van der Waals surface area contributed by atoms with Gasteiger partial charge in [0.1, 0.15) is 22.4 Å². The molecule has 0 aromatic carbocycles. The number of hydrogen-bond donors (Lipinski definition) is 3. The second-order valence-electron chi connectivity index (χ2n) is 3.74. The Balaban J connectivity index is 2.61. The molecule has 0 saturated heterocycles. The smallest absolute Gasteiger partial charge is 0.146 e. The van der Waals surface area contributed by atoms with Crippen molar-refractivity contribution in [3.63, 3.8) is 0 Å². The van der Waals surface area contributed by atoms with E-state index in [0.717, 1.165) is 29.7 Å². The fourth-order valence-corrected chi connectivity index (χ4v) is 1.92. The average molecular weight is 303 g/mol. The fraction of sp³-hybridized carbons (Fsp3) is 0.636. The largest absolute Gasteiger partial charge is 0.391 e. The van der Waals surface area contributed by atoms with Crippen molar-refractivity contribution in [2.45, 2.75) is 32.8 Å². The summed E-state index contributed by atoms with van der Waals surface area (Å²) in [5, 5.41) is 15.9. The van der Waals surface area contributed by atoms with Gasteiger partial charge >= 0.3 is 0 Å². The Labute approximate surface area is 110 Å². The molecule has 1 aromatic heterocycles. The van der Waals surface area contributed by atoms with E-state index >= 15 is 0 Å². The van der Waals surface area contributed by atoms with Crippen molar-refractivity contribution in [1.29, 1.82) is 0 Å². The molecule has 0 spiro atoms. The minimum absolute atomic E-state index is 0.343. The molecule has 0 aliphatic rings. The zero-order chi connectivity index (χ0) is 12.7. The third kappa shape index (κ3) is 4.47. The van der Waals surface area contributed by atoms with Crippen LogP contribution in [0, 0.1) is 0 Å². The van der Waals surface area contributed by atoms with Gasteiger partial charge in [-0.1, -0.05) is 13.3 Å². The maximum atomic E-state index is 9.64. The molecule has 17 heavy (non-hydrogen) atoms. The van der Waals surface area contributed by atoms with Crippen molar-refractivity contribution >= 4 is 27.6 Å². The number of aromatic nitrogens is 2. The molecule has 0 saturated carbocycles. The lowest BCUT2D eigenvalue weighted by molar-refractivity contribution is 0.176.